The van der Waals surface area contributed by atoms with E-state index in [1.165, 1.54) is 24.3 Å². The fourth-order valence-corrected chi connectivity index (χ4v) is 2.12. The summed E-state index contributed by atoms with van der Waals surface area (Å²) in [6.07, 6.45) is 1.01. The van der Waals surface area contributed by atoms with Crippen molar-refractivity contribution in [2.75, 3.05) is 26.7 Å². The number of halogens is 1. The van der Waals surface area contributed by atoms with Crippen molar-refractivity contribution >= 4 is 11.8 Å². The van der Waals surface area contributed by atoms with Crippen LogP contribution in [0.5, 0.6) is 0 Å². The number of rotatable bonds is 5. The van der Waals surface area contributed by atoms with Crippen LogP contribution in [0.25, 0.3) is 0 Å². The maximum atomic E-state index is 12.7. The topological polar surface area (TPSA) is 40.6 Å². The Morgan fingerprint density at radius 2 is 1.95 bits per heavy atom. The minimum Gasteiger partial charge on any atom is -0.326 e. The summed E-state index contributed by atoms with van der Waals surface area (Å²) >= 11 is 0. The summed E-state index contributed by atoms with van der Waals surface area (Å²) in [5, 5.41) is 0. The highest BCUT2D eigenvalue weighted by Gasteiger charge is 2.24. The molecule has 0 saturated carbocycles. The molecule has 1 heterocycles. The normalized spacial score (nSPS) is 15.2. The Bertz CT molecular complexity index is 473. The molecular weight excluding hydrogens is 247 g/mol. The summed E-state index contributed by atoms with van der Waals surface area (Å²) in [5.41, 5.74) is 0.520. The number of carbonyl (C=O) groups excluding carboxylic acids is 2. The van der Waals surface area contributed by atoms with E-state index in [1.54, 1.807) is 16.8 Å². The van der Waals surface area contributed by atoms with Crippen molar-refractivity contribution in [3.8, 4) is 0 Å². The third-order valence-electron chi connectivity index (χ3n) is 3.30. The summed E-state index contributed by atoms with van der Waals surface area (Å²) < 4.78 is 12.7. The number of Topliss-reactive ketones (excluding diaryl/α,β-unsaturated/α-hetero) is 1. The van der Waals surface area contributed by atoms with Gasteiger partial charge in [-0.3, -0.25) is 4.79 Å². The Kier molecular flexibility index (Phi) is 4.14. The lowest BCUT2D eigenvalue weighted by Crippen LogP contribution is -2.30. The van der Waals surface area contributed by atoms with Gasteiger partial charge in [-0.15, -0.1) is 0 Å². The lowest BCUT2D eigenvalue weighted by Gasteiger charge is -2.15. The van der Waals surface area contributed by atoms with Crippen LogP contribution in [0.4, 0.5) is 9.18 Å². The van der Waals surface area contributed by atoms with Crippen LogP contribution in [0.2, 0.25) is 0 Å². The predicted octanol–water partition coefficient (Wildman–Crippen LogP) is 2.16. The largest absolute Gasteiger partial charge is 0.326 e. The molecule has 0 bridgehead atoms. The molecule has 1 fully saturated rings. The Morgan fingerprint density at radius 1 is 1.26 bits per heavy atom. The van der Waals surface area contributed by atoms with E-state index in [0.717, 1.165) is 13.1 Å². The maximum Gasteiger partial charge on any atom is 0.319 e. The first kappa shape index (κ1) is 13.5. The van der Waals surface area contributed by atoms with Gasteiger partial charge in [0.25, 0.3) is 0 Å². The summed E-state index contributed by atoms with van der Waals surface area (Å²) in [6.45, 7) is 2.06. The maximum absolute atomic E-state index is 12.7. The van der Waals surface area contributed by atoms with Gasteiger partial charge >= 0.3 is 6.03 Å². The van der Waals surface area contributed by atoms with Crippen molar-refractivity contribution in [2.45, 2.75) is 12.8 Å². The van der Waals surface area contributed by atoms with Crippen molar-refractivity contribution in [1.82, 2.24) is 9.80 Å². The Morgan fingerprint density at radius 3 is 2.53 bits per heavy atom. The molecule has 0 N–H and O–H groups in total. The van der Waals surface area contributed by atoms with E-state index in [4.69, 9.17) is 0 Å². The van der Waals surface area contributed by atoms with Crippen molar-refractivity contribution in [1.29, 1.82) is 0 Å². The van der Waals surface area contributed by atoms with Crippen LogP contribution in [-0.4, -0.2) is 48.3 Å². The molecule has 1 aromatic rings. The number of amides is 2. The Labute approximate surface area is 111 Å². The van der Waals surface area contributed by atoms with Gasteiger partial charge in [0.15, 0.2) is 5.78 Å². The van der Waals surface area contributed by atoms with E-state index < -0.39 is 0 Å². The quantitative estimate of drug-likeness (QED) is 0.765. The highest BCUT2D eigenvalue weighted by Crippen LogP contribution is 2.10. The zero-order valence-corrected chi connectivity index (χ0v) is 10.9. The van der Waals surface area contributed by atoms with Gasteiger partial charge in [-0.1, -0.05) is 0 Å². The van der Waals surface area contributed by atoms with Crippen molar-refractivity contribution in [2.24, 2.45) is 0 Å². The van der Waals surface area contributed by atoms with Gasteiger partial charge in [-0.05, 0) is 30.7 Å². The molecule has 2 amide bonds. The van der Waals surface area contributed by atoms with Crippen LogP contribution in [-0.2, 0) is 0 Å². The second-order valence-electron chi connectivity index (χ2n) is 4.72. The minimum atomic E-state index is -0.345. The lowest BCUT2D eigenvalue weighted by atomic mass is 10.1. The van der Waals surface area contributed by atoms with Gasteiger partial charge < -0.3 is 9.80 Å². The van der Waals surface area contributed by atoms with Crippen LogP contribution in [0.3, 0.4) is 0 Å². The zero-order chi connectivity index (χ0) is 13.8. The highest BCUT2D eigenvalue weighted by atomic mass is 19.1. The van der Waals surface area contributed by atoms with E-state index in [2.05, 4.69) is 0 Å². The molecular formula is C14H17FN2O2. The van der Waals surface area contributed by atoms with Crippen molar-refractivity contribution in [3.63, 3.8) is 0 Å². The predicted molar refractivity (Wildman–Crippen MR) is 69.6 cm³/mol. The number of benzene rings is 1. The molecule has 1 aliphatic heterocycles. The van der Waals surface area contributed by atoms with Crippen LogP contribution < -0.4 is 0 Å². The number of likely N-dealkylation sites (N-methyl/N-ethyl adjacent to an activating group) is 1. The van der Waals surface area contributed by atoms with Gasteiger partial charge in [-0.2, -0.15) is 0 Å². The van der Waals surface area contributed by atoms with Crippen LogP contribution in [0.15, 0.2) is 24.3 Å². The average Bonchev–Trinajstić information content (AvgIpc) is 2.71. The van der Waals surface area contributed by atoms with E-state index >= 15 is 0 Å². The van der Waals surface area contributed by atoms with Gasteiger partial charge in [0.2, 0.25) is 0 Å². The number of ketones is 1. The monoisotopic (exact) mass is 264 g/mol. The smallest absolute Gasteiger partial charge is 0.319 e. The molecule has 0 spiro atoms. The molecule has 5 heteroatoms. The fraction of sp³-hybridized carbons (Fsp3) is 0.429. The molecule has 0 aromatic heterocycles. The molecule has 1 saturated heterocycles. The van der Waals surface area contributed by atoms with Crippen LogP contribution in [0, 0.1) is 5.82 Å². The number of urea groups is 1. The molecule has 0 atom stereocenters. The second kappa shape index (κ2) is 5.82. The van der Waals surface area contributed by atoms with Gasteiger partial charge in [0.1, 0.15) is 5.82 Å². The van der Waals surface area contributed by atoms with Gasteiger partial charge in [0.05, 0.1) is 0 Å². The van der Waals surface area contributed by atoms with Crippen LogP contribution in [0.1, 0.15) is 23.2 Å². The minimum absolute atomic E-state index is 0.0139. The third kappa shape index (κ3) is 3.30. The van der Waals surface area contributed by atoms with Gasteiger partial charge in [0, 0.05) is 38.7 Å². The summed E-state index contributed by atoms with van der Waals surface area (Å²) in [5.74, 6) is -0.359. The number of hydrogen-bond acceptors (Lipinski definition) is 2. The first-order valence-electron chi connectivity index (χ1n) is 6.37. The molecule has 0 unspecified atom stereocenters. The molecule has 19 heavy (non-hydrogen) atoms. The number of hydrogen-bond donors (Lipinski definition) is 0. The Balaban J connectivity index is 1.78. The molecule has 102 valence electrons. The van der Waals surface area contributed by atoms with E-state index in [0.29, 0.717) is 24.9 Å². The molecule has 1 aliphatic rings. The van der Waals surface area contributed by atoms with E-state index in [-0.39, 0.29) is 17.6 Å². The zero-order valence-electron chi connectivity index (χ0n) is 10.9. The third-order valence-corrected chi connectivity index (χ3v) is 3.30. The highest BCUT2D eigenvalue weighted by molar-refractivity contribution is 5.96. The lowest BCUT2D eigenvalue weighted by molar-refractivity contribution is 0.0976. The van der Waals surface area contributed by atoms with Crippen molar-refractivity contribution in [3.05, 3.63) is 35.6 Å². The fourth-order valence-electron chi connectivity index (χ4n) is 2.12. The molecule has 4 nitrogen and oxygen atoms in total. The van der Waals surface area contributed by atoms with E-state index in [9.17, 15) is 14.0 Å². The summed E-state index contributed by atoms with van der Waals surface area (Å²) in [6, 6.07) is 5.58. The first-order chi connectivity index (χ1) is 9.08. The molecule has 0 aliphatic carbocycles. The average molecular weight is 264 g/mol. The first-order valence-corrected chi connectivity index (χ1v) is 6.37. The summed E-state index contributed by atoms with van der Waals surface area (Å²) in [4.78, 5) is 26.9. The second-order valence-corrected chi connectivity index (χ2v) is 4.72. The molecule has 2 rings (SSSR count). The molecule has 1 aromatic carbocycles. The van der Waals surface area contributed by atoms with Gasteiger partial charge in [-0.25, -0.2) is 9.18 Å². The van der Waals surface area contributed by atoms with Crippen molar-refractivity contribution < 1.29 is 14.0 Å². The number of nitrogens with zero attached hydrogens (tertiary/aromatic N) is 2. The standard InChI is InChI=1S/C14H17FN2O2/c1-16-9-10-17(14(16)19)8-2-3-13(18)11-4-6-12(15)7-5-11/h4-7H,2-3,8-10H2,1H3. The summed E-state index contributed by atoms with van der Waals surface area (Å²) in [7, 11) is 1.77. The molecule has 0 radical (unpaired) electrons. The SMILES string of the molecule is CN1CCN(CCCC(=O)c2ccc(F)cc2)C1=O. The number of carbonyl (C=O) groups is 2. The van der Waals surface area contributed by atoms with Crippen LogP contribution >= 0.6 is 0 Å². The Hall–Kier alpha value is -1.91. The van der Waals surface area contributed by atoms with E-state index in [1.807, 2.05) is 0 Å².